The van der Waals surface area contributed by atoms with E-state index in [-0.39, 0.29) is 11.5 Å². The van der Waals surface area contributed by atoms with Gasteiger partial charge in [0, 0.05) is 0 Å². The molecular formula is C14H17NO. The van der Waals surface area contributed by atoms with Crippen molar-refractivity contribution < 1.29 is 4.74 Å². The van der Waals surface area contributed by atoms with Gasteiger partial charge in [0.15, 0.2) is 0 Å². The van der Waals surface area contributed by atoms with Gasteiger partial charge in [-0.3, -0.25) is 0 Å². The smallest absolute Gasteiger partial charge is 0.119 e. The molecule has 0 spiro atoms. The molecular weight excluding hydrogens is 198 g/mol. The van der Waals surface area contributed by atoms with Gasteiger partial charge in [0.2, 0.25) is 0 Å². The molecule has 2 unspecified atom stereocenters. The van der Waals surface area contributed by atoms with Crippen LogP contribution in [-0.4, -0.2) is 6.10 Å². The topological polar surface area (TPSA) is 33.0 Å². The Morgan fingerprint density at radius 3 is 2.31 bits per heavy atom. The van der Waals surface area contributed by atoms with E-state index in [2.05, 4.69) is 13.0 Å². The third-order valence-electron chi connectivity index (χ3n) is 3.25. The molecule has 0 amide bonds. The molecule has 0 N–H and O–H groups in total. The number of nitriles is 1. The van der Waals surface area contributed by atoms with E-state index in [1.165, 1.54) is 0 Å². The maximum Gasteiger partial charge on any atom is 0.119 e. The summed E-state index contributed by atoms with van der Waals surface area (Å²) in [4.78, 5) is 0. The standard InChI is InChI=1S/C14H17NO/c1-10(2)16-13-6-4-12(5-7-13)14(9-15)8-11(14)3/h4-7,10-11H,8H2,1-3H3. The lowest BCUT2D eigenvalue weighted by Crippen LogP contribution is -2.07. The minimum atomic E-state index is -0.226. The molecule has 2 nitrogen and oxygen atoms in total. The molecule has 1 aliphatic rings. The Bertz CT molecular complexity index is 415. The highest BCUT2D eigenvalue weighted by atomic mass is 16.5. The molecule has 1 aromatic carbocycles. The van der Waals surface area contributed by atoms with E-state index in [0.717, 1.165) is 17.7 Å². The number of hydrogen-bond acceptors (Lipinski definition) is 2. The van der Waals surface area contributed by atoms with E-state index in [0.29, 0.717) is 5.92 Å². The van der Waals surface area contributed by atoms with Crippen LogP contribution < -0.4 is 4.74 Å². The lowest BCUT2D eigenvalue weighted by atomic mass is 9.95. The Morgan fingerprint density at radius 2 is 1.94 bits per heavy atom. The molecule has 0 aromatic heterocycles. The van der Waals surface area contributed by atoms with Gasteiger partial charge < -0.3 is 4.74 Å². The minimum absolute atomic E-state index is 0.190. The van der Waals surface area contributed by atoms with Crippen molar-refractivity contribution in [3.05, 3.63) is 29.8 Å². The van der Waals surface area contributed by atoms with Crippen LogP contribution in [0.3, 0.4) is 0 Å². The van der Waals surface area contributed by atoms with E-state index in [9.17, 15) is 5.26 Å². The van der Waals surface area contributed by atoms with Crippen LogP contribution in [0.15, 0.2) is 24.3 Å². The van der Waals surface area contributed by atoms with Gasteiger partial charge in [0.25, 0.3) is 0 Å². The fourth-order valence-corrected chi connectivity index (χ4v) is 2.15. The summed E-state index contributed by atoms with van der Waals surface area (Å²) in [6, 6.07) is 10.4. The summed E-state index contributed by atoms with van der Waals surface area (Å²) >= 11 is 0. The monoisotopic (exact) mass is 215 g/mol. The molecule has 1 aromatic rings. The van der Waals surface area contributed by atoms with Gasteiger partial charge in [-0.2, -0.15) is 5.26 Å². The van der Waals surface area contributed by atoms with Crippen LogP contribution in [0.1, 0.15) is 32.8 Å². The first-order chi connectivity index (χ1) is 7.58. The summed E-state index contributed by atoms with van der Waals surface area (Å²) in [6.45, 7) is 6.14. The molecule has 16 heavy (non-hydrogen) atoms. The molecule has 1 fully saturated rings. The Balaban J connectivity index is 2.18. The zero-order valence-corrected chi connectivity index (χ0v) is 10.0. The quantitative estimate of drug-likeness (QED) is 0.775. The van der Waals surface area contributed by atoms with Gasteiger partial charge in [-0.15, -0.1) is 0 Å². The summed E-state index contributed by atoms with van der Waals surface area (Å²) in [6.07, 6.45) is 1.17. The first kappa shape index (κ1) is 11.0. The number of ether oxygens (including phenoxy) is 1. The van der Waals surface area contributed by atoms with Gasteiger partial charge in [-0.25, -0.2) is 0 Å². The number of nitrogens with zero attached hydrogens (tertiary/aromatic N) is 1. The predicted molar refractivity (Wildman–Crippen MR) is 63.3 cm³/mol. The summed E-state index contributed by atoms with van der Waals surface area (Å²) in [5, 5.41) is 9.21. The minimum Gasteiger partial charge on any atom is -0.491 e. The zero-order valence-electron chi connectivity index (χ0n) is 10.0. The maximum atomic E-state index is 9.21. The number of benzene rings is 1. The molecule has 0 heterocycles. The summed E-state index contributed by atoms with van der Waals surface area (Å²) < 4.78 is 5.58. The molecule has 2 heteroatoms. The van der Waals surface area contributed by atoms with Crippen molar-refractivity contribution in [3.63, 3.8) is 0 Å². The van der Waals surface area contributed by atoms with E-state index in [1.807, 2.05) is 38.1 Å². The van der Waals surface area contributed by atoms with E-state index < -0.39 is 0 Å². The Hall–Kier alpha value is -1.49. The second kappa shape index (κ2) is 3.83. The third-order valence-corrected chi connectivity index (χ3v) is 3.25. The Labute approximate surface area is 96.9 Å². The zero-order chi connectivity index (χ0) is 11.8. The molecule has 84 valence electrons. The average Bonchev–Trinajstić information content (AvgIpc) is 2.91. The van der Waals surface area contributed by atoms with Gasteiger partial charge in [-0.1, -0.05) is 19.1 Å². The second-order valence-electron chi connectivity index (χ2n) is 4.88. The van der Waals surface area contributed by atoms with E-state index >= 15 is 0 Å². The highest BCUT2D eigenvalue weighted by molar-refractivity contribution is 5.43. The fourth-order valence-electron chi connectivity index (χ4n) is 2.15. The summed E-state index contributed by atoms with van der Waals surface area (Å²) in [5.74, 6) is 1.36. The lowest BCUT2D eigenvalue weighted by Gasteiger charge is -2.12. The van der Waals surface area contributed by atoms with Crippen molar-refractivity contribution in [2.75, 3.05) is 0 Å². The lowest BCUT2D eigenvalue weighted by molar-refractivity contribution is 0.242. The van der Waals surface area contributed by atoms with Gasteiger partial charge in [0.05, 0.1) is 17.6 Å². The second-order valence-corrected chi connectivity index (χ2v) is 4.88. The highest BCUT2D eigenvalue weighted by Gasteiger charge is 2.53. The molecule has 2 atom stereocenters. The van der Waals surface area contributed by atoms with Crippen LogP contribution in [0.2, 0.25) is 0 Å². The maximum absolute atomic E-state index is 9.21. The predicted octanol–water partition coefficient (Wildman–Crippen LogP) is 3.27. The molecule has 2 rings (SSSR count). The van der Waals surface area contributed by atoms with Crippen molar-refractivity contribution in [1.29, 1.82) is 5.26 Å². The summed E-state index contributed by atoms with van der Waals surface area (Å²) in [5.41, 5.74) is 0.898. The largest absolute Gasteiger partial charge is 0.491 e. The van der Waals surface area contributed by atoms with Gasteiger partial charge in [0.1, 0.15) is 5.75 Å². The normalized spacial score (nSPS) is 27.6. The SMILES string of the molecule is CC(C)Oc1ccc(C2(C#N)CC2C)cc1. The molecule has 1 saturated carbocycles. The first-order valence-electron chi connectivity index (χ1n) is 5.77. The highest BCUT2D eigenvalue weighted by Crippen LogP contribution is 2.53. The van der Waals surface area contributed by atoms with Crippen LogP contribution in [-0.2, 0) is 5.41 Å². The Kier molecular flexibility index (Phi) is 2.63. The van der Waals surface area contributed by atoms with Crippen molar-refractivity contribution in [3.8, 4) is 11.8 Å². The molecule has 0 radical (unpaired) electrons. The van der Waals surface area contributed by atoms with Gasteiger partial charge >= 0.3 is 0 Å². The number of rotatable bonds is 3. The first-order valence-corrected chi connectivity index (χ1v) is 5.77. The van der Waals surface area contributed by atoms with Gasteiger partial charge in [-0.05, 0) is 43.9 Å². The van der Waals surface area contributed by atoms with Crippen LogP contribution in [0, 0.1) is 17.2 Å². The van der Waals surface area contributed by atoms with Crippen molar-refractivity contribution in [1.82, 2.24) is 0 Å². The summed E-state index contributed by atoms with van der Waals surface area (Å²) in [7, 11) is 0. The van der Waals surface area contributed by atoms with Crippen LogP contribution in [0.4, 0.5) is 0 Å². The molecule has 1 aliphatic carbocycles. The van der Waals surface area contributed by atoms with Crippen molar-refractivity contribution >= 4 is 0 Å². The van der Waals surface area contributed by atoms with E-state index in [1.54, 1.807) is 0 Å². The third kappa shape index (κ3) is 1.78. The fraction of sp³-hybridized carbons (Fsp3) is 0.500. The van der Waals surface area contributed by atoms with E-state index in [4.69, 9.17) is 4.74 Å². The van der Waals surface area contributed by atoms with Crippen molar-refractivity contribution in [2.24, 2.45) is 5.92 Å². The number of hydrogen-bond donors (Lipinski definition) is 0. The van der Waals surface area contributed by atoms with Crippen LogP contribution in [0.5, 0.6) is 5.75 Å². The molecule has 0 aliphatic heterocycles. The van der Waals surface area contributed by atoms with Crippen LogP contribution in [0.25, 0.3) is 0 Å². The molecule has 0 bridgehead atoms. The van der Waals surface area contributed by atoms with Crippen LogP contribution >= 0.6 is 0 Å². The van der Waals surface area contributed by atoms with Crippen molar-refractivity contribution in [2.45, 2.75) is 38.7 Å². The Morgan fingerprint density at radius 1 is 1.38 bits per heavy atom. The average molecular weight is 215 g/mol. The molecule has 0 saturated heterocycles.